The van der Waals surface area contributed by atoms with Gasteiger partial charge in [0.05, 0.1) is 0 Å². The Labute approximate surface area is 116 Å². The minimum Gasteiger partial charge on any atom is -0.492 e. The van der Waals surface area contributed by atoms with Gasteiger partial charge in [0.15, 0.2) is 0 Å². The van der Waals surface area contributed by atoms with Gasteiger partial charge in [-0.1, -0.05) is 6.07 Å². The van der Waals surface area contributed by atoms with Crippen LogP contribution in [0.1, 0.15) is 10.4 Å². The lowest BCUT2D eigenvalue weighted by molar-refractivity contribution is 0.102. The number of carbonyl (C=O) groups is 1. The lowest BCUT2D eigenvalue weighted by Crippen LogP contribution is -2.13. The second kappa shape index (κ2) is 6.68. The molecule has 2 aromatic rings. The molecule has 0 aromatic heterocycles. The third kappa shape index (κ3) is 3.80. The smallest absolute Gasteiger partial charge is 0.255 e. The molecule has 0 atom stereocenters. The molecule has 0 heterocycles. The minimum absolute atomic E-state index is 0.283. The fraction of sp³-hybridized carbons (Fsp3) is 0.133. The highest BCUT2D eigenvalue weighted by molar-refractivity contribution is 6.04. The number of carbonyl (C=O) groups excluding carboxylic acids is 1. The largest absolute Gasteiger partial charge is 0.492 e. The number of ether oxygens (including phenoxy) is 1. The molecule has 5 heteroatoms. The van der Waals surface area contributed by atoms with Gasteiger partial charge in [0, 0.05) is 17.8 Å². The molecule has 0 aliphatic carbocycles. The number of anilines is 1. The van der Waals surface area contributed by atoms with Gasteiger partial charge in [0.1, 0.15) is 18.2 Å². The van der Waals surface area contributed by atoms with Crippen LogP contribution in [0.15, 0.2) is 48.5 Å². The molecule has 4 nitrogen and oxygen atoms in total. The molecule has 104 valence electrons. The number of benzene rings is 2. The maximum absolute atomic E-state index is 12.8. The van der Waals surface area contributed by atoms with E-state index in [1.807, 2.05) is 0 Å². The summed E-state index contributed by atoms with van der Waals surface area (Å²) in [6, 6.07) is 12.4. The molecule has 0 aliphatic rings. The highest BCUT2D eigenvalue weighted by Gasteiger charge is 2.07. The molecule has 2 rings (SSSR count). The lowest BCUT2D eigenvalue weighted by atomic mass is 10.2. The predicted octanol–water partition coefficient (Wildman–Crippen LogP) is 2.42. The van der Waals surface area contributed by atoms with Gasteiger partial charge < -0.3 is 15.8 Å². The second-order valence-corrected chi connectivity index (χ2v) is 4.13. The van der Waals surface area contributed by atoms with Gasteiger partial charge in [-0.3, -0.25) is 4.79 Å². The fourth-order valence-corrected chi connectivity index (χ4v) is 1.64. The van der Waals surface area contributed by atoms with Crippen LogP contribution in [0.4, 0.5) is 10.1 Å². The van der Waals surface area contributed by atoms with Crippen molar-refractivity contribution < 1.29 is 13.9 Å². The second-order valence-electron chi connectivity index (χ2n) is 4.13. The molecule has 20 heavy (non-hydrogen) atoms. The van der Waals surface area contributed by atoms with Crippen molar-refractivity contribution in [2.75, 3.05) is 18.5 Å². The first kappa shape index (κ1) is 14.0. The zero-order chi connectivity index (χ0) is 14.4. The van der Waals surface area contributed by atoms with Crippen LogP contribution in [-0.2, 0) is 0 Å². The van der Waals surface area contributed by atoms with Crippen LogP contribution in [0, 0.1) is 5.82 Å². The van der Waals surface area contributed by atoms with E-state index in [1.54, 1.807) is 24.3 Å². The molecule has 0 saturated heterocycles. The minimum atomic E-state index is -0.347. The van der Waals surface area contributed by atoms with Crippen molar-refractivity contribution in [2.24, 2.45) is 5.73 Å². The standard InChI is InChI=1S/C15H15FN2O2/c16-12-4-6-13(7-5-12)18-15(19)11-2-1-3-14(10-11)20-9-8-17/h1-7,10H,8-9,17H2,(H,18,19). The molecule has 0 aliphatic heterocycles. The summed E-state index contributed by atoms with van der Waals surface area (Å²) in [4.78, 5) is 12.0. The number of hydrogen-bond donors (Lipinski definition) is 2. The summed E-state index contributed by atoms with van der Waals surface area (Å²) in [5.41, 5.74) is 6.35. The van der Waals surface area contributed by atoms with Crippen molar-refractivity contribution >= 4 is 11.6 Å². The normalized spacial score (nSPS) is 10.1. The van der Waals surface area contributed by atoms with Gasteiger partial charge in [0.2, 0.25) is 0 Å². The summed E-state index contributed by atoms with van der Waals surface area (Å²) in [5, 5.41) is 2.68. The van der Waals surface area contributed by atoms with Crippen molar-refractivity contribution in [3.63, 3.8) is 0 Å². The number of halogens is 1. The molecule has 0 saturated carbocycles. The maximum Gasteiger partial charge on any atom is 0.255 e. The van der Waals surface area contributed by atoms with E-state index in [1.165, 1.54) is 24.3 Å². The van der Waals surface area contributed by atoms with E-state index in [0.717, 1.165) is 0 Å². The van der Waals surface area contributed by atoms with Gasteiger partial charge in [-0.25, -0.2) is 4.39 Å². The Morgan fingerprint density at radius 1 is 1.20 bits per heavy atom. The molecule has 0 radical (unpaired) electrons. The van der Waals surface area contributed by atoms with Gasteiger partial charge in [0.25, 0.3) is 5.91 Å². The van der Waals surface area contributed by atoms with Gasteiger partial charge in [-0.2, -0.15) is 0 Å². The van der Waals surface area contributed by atoms with Crippen molar-refractivity contribution in [3.05, 3.63) is 59.9 Å². The van der Waals surface area contributed by atoms with E-state index in [9.17, 15) is 9.18 Å². The molecular formula is C15H15FN2O2. The van der Waals surface area contributed by atoms with Gasteiger partial charge in [-0.05, 0) is 42.5 Å². The summed E-state index contributed by atoms with van der Waals surface area (Å²) < 4.78 is 18.1. The Morgan fingerprint density at radius 2 is 1.95 bits per heavy atom. The zero-order valence-corrected chi connectivity index (χ0v) is 10.8. The first-order chi connectivity index (χ1) is 9.69. The maximum atomic E-state index is 12.8. The first-order valence-corrected chi connectivity index (χ1v) is 6.19. The number of amides is 1. The van der Waals surface area contributed by atoms with Crippen molar-refractivity contribution in [1.29, 1.82) is 0 Å². The van der Waals surface area contributed by atoms with E-state index >= 15 is 0 Å². The Hall–Kier alpha value is -2.40. The topological polar surface area (TPSA) is 64.3 Å². The lowest BCUT2D eigenvalue weighted by Gasteiger charge is -2.08. The molecule has 0 spiro atoms. The molecule has 3 N–H and O–H groups in total. The summed E-state index contributed by atoms with van der Waals surface area (Å²) in [6.07, 6.45) is 0. The third-order valence-electron chi connectivity index (χ3n) is 2.58. The summed E-state index contributed by atoms with van der Waals surface area (Å²) in [6.45, 7) is 0.801. The van der Waals surface area contributed by atoms with E-state index in [2.05, 4.69) is 5.32 Å². The number of nitrogens with one attached hydrogen (secondary N) is 1. The van der Waals surface area contributed by atoms with Crippen molar-refractivity contribution in [3.8, 4) is 5.75 Å². The van der Waals surface area contributed by atoms with Crippen molar-refractivity contribution in [2.45, 2.75) is 0 Å². The van der Waals surface area contributed by atoms with Crippen LogP contribution < -0.4 is 15.8 Å². The molecule has 0 bridgehead atoms. The number of rotatable bonds is 5. The Bertz CT molecular complexity index is 585. The van der Waals surface area contributed by atoms with E-state index in [0.29, 0.717) is 30.2 Å². The zero-order valence-electron chi connectivity index (χ0n) is 10.8. The quantitative estimate of drug-likeness (QED) is 0.880. The molecule has 0 unspecified atom stereocenters. The summed E-state index contributed by atoms with van der Waals surface area (Å²) in [7, 11) is 0. The Balaban J connectivity index is 2.06. The average Bonchev–Trinajstić information content (AvgIpc) is 2.48. The predicted molar refractivity (Wildman–Crippen MR) is 75.3 cm³/mol. The Kier molecular flexibility index (Phi) is 4.68. The van der Waals surface area contributed by atoms with Crippen molar-refractivity contribution in [1.82, 2.24) is 0 Å². The molecule has 0 fully saturated rings. The number of nitrogens with two attached hydrogens (primary N) is 1. The van der Waals surface area contributed by atoms with Crippen LogP contribution in [0.2, 0.25) is 0 Å². The highest BCUT2D eigenvalue weighted by atomic mass is 19.1. The summed E-state index contributed by atoms with van der Waals surface area (Å²) >= 11 is 0. The monoisotopic (exact) mass is 274 g/mol. The van der Waals surface area contributed by atoms with Gasteiger partial charge in [-0.15, -0.1) is 0 Å². The summed E-state index contributed by atoms with van der Waals surface area (Å²) in [5.74, 6) is -0.0443. The molecule has 2 aromatic carbocycles. The average molecular weight is 274 g/mol. The number of hydrogen-bond acceptors (Lipinski definition) is 3. The van der Waals surface area contributed by atoms with Crippen LogP contribution in [-0.4, -0.2) is 19.1 Å². The van der Waals surface area contributed by atoms with E-state index < -0.39 is 0 Å². The molecule has 1 amide bonds. The third-order valence-corrected chi connectivity index (χ3v) is 2.58. The molecular weight excluding hydrogens is 259 g/mol. The highest BCUT2D eigenvalue weighted by Crippen LogP contribution is 2.15. The van der Waals surface area contributed by atoms with Crippen LogP contribution in [0.25, 0.3) is 0 Å². The van der Waals surface area contributed by atoms with E-state index in [-0.39, 0.29) is 11.7 Å². The van der Waals surface area contributed by atoms with Crippen LogP contribution >= 0.6 is 0 Å². The Morgan fingerprint density at radius 3 is 2.65 bits per heavy atom. The van der Waals surface area contributed by atoms with Gasteiger partial charge >= 0.3 is 0 Å². The van der Waals surface area contributed by atoms with Crippen LogP contribution in [0.3, 0.4) is 0 Å². The van der Waals surface area contributed by atoms with E-state index in [4.69, 9.17) is 10.5 Å². The fourth-order valence-electron chi connectivity index (χ4n) is 1.64. The SMILES string of the molecule is NCCOc1cccc(C(=O)Nc2ccc(F)cc2)c1. The first-order valence-electron chi connectivity index (χ1n) is 6.19. The van der Waals surface area contributed by atoms with Crippen LogP contribution in [0.5, 0.6) is 5.75 Å².